The number of fused-ring (bicyclic) bond motifs is 2. The van der Waals surface area contributed by atoms with E-state index in [-0.39, 0.29) is 5.41 Å². The smallest absolute Gasteiger partial charge is 0.132 e. The molecule has 35 heavy (non-hydrogen) atoms. The van der Waals surface area contributed by atoms with Crippen LogP contribution in [-0.2, 0) is 5.41 Å². The van der Waals surface area contributed by atoms with Crippen LogP contribution in [0.5, 0.6) is 11.5 Å². The van der Waals surface area contributed by atoms with E-state index in [1.165, 1.54) is 44.5 Å². The van der Waals surface area contributed by atoms with Crippen molar-refractivity contribution in [1.29, 1.82) is 0 Å². The third-order valence-corrected chi connectivity index (χ3v) is 7.48. The van der Waals surface area contributed by atoms with Gasteiger partial charge in [-0.05, 0) is 69.8 Å². The van der Waals surface area contributed by atoms with Crippen molar-refractivity contribution in [3.05, 3.63) is 131 Å². The molecule has 0 radical (unpaired) electrons. The summed E-state index contributed by atoms with van der Waals surface area (Å²) in [6.45, 7) is 4.58. The molecule has 1 heterocycles. The predicted octanol–water partition coefficient (Wildman–Crippen LogP) is 9.88. The number of benzene rings is 5. The second-order valence-corrected chi connectivity index (χ2v) is 10.5. The summed E-state index contributed by atoms with van der Waals surface area (Å²) in [5.41, 5.74) is 9.40. The molecule has 6 rings (SSSR count). The molecule has 1 aliphatic rings. The number of halogens is 1. The summed E-state index contributed by atoms with van der Waals surface area (Å²) in [7, 11) is 0. The Labute approximate surface area is 215 Å². The average Bonchev–Trinajstić information content (AvgIpc) is 2.89. The van der Waals surface area contributed by atoms with E-state index < -0.39 is 0 Å². The van der Waals surface area contributed by atoms with Crippen LogP contribution in [0, 0.1) is 0 Å². The SMILES string of the molecule is CC1(C)c2ccccc2Oc2cc(-c3ccccc3)c(-c3cccc(-c4cccc(Br)c4)c3)cc21. The van der Waals surface area contributed by atoms with Crippen LogP contribution in [-0.4, -0.2) is 0 Å². The van der Waals surface area contributed by atoms with Gasteiger partial charge in [0.2, 0.25) is 0 Å². The molecule has 0 bridgehead atoms. The fraction of sp³-hybridized carbons (Fsp3) is 0.0909. The van der Waals surface area contributed by atoms with Gasteiger partial charge in [-0.1, -0.05) is 109 Å². The Morgan fingerprint density at radius 3 is 1.94 bits per heavy atom. The van der Waals surface area contributed by atoms with Gasteiger partial charge in [-0.15, -0.1) is 0 Å². The maximum atomic E-state index is 6.47. The van der Waals surface area contributed by atoms with E-state index >= 15 is 0 Å². The summed E-state index contributed by atoms with van der Waals surface area (Å²) in [5, 5.41) is 0. The molecule has 1 aliphatic heterocycles. The molecule has 0 N–H and O–H groups in total. The first kappa shape index (κ1) is 21.9. The Kier molecular flexibility index (Phi) is 5.35. The van der Waals surface area contributed by atoms with E-state index in [1.807, 2.05) is 6.07 Å². The molecule has 0 aromatic heterocycles. The van der Waals surface area contributed by atoms with Gasteiger partial charge < -0.3 is 4.74 Å². The summed E-state index contributed by atoms with van der Waals surface area (Å²) in [6.07, 6.45) is 0. The first-order valence-corrected chi connectivity index (χ1v) is 12.7. The van der Waals surface area contributed by atoms with E-state index in [4.69, 9.17) is 4.74 Å². The Balaban J connectivity index is 1.58. The van der Waals surface area contributed by atoms with E-state index in [0.717, 1.165) is 16.0 Å². The van der Waals surface area contributed by atoms with E-state index in [2.05, 4.69) is 139 Å². The van der Waals surface area contributed by atoms with Gasteiger partial charge in [0.25, 0.3) is 0 Å². The number of rotatable bonds is 3. The van der Waals surface area contributed by atoms with Gasteiger partial charge in [-0.2, -0.15) is 0 Å². The van der Waals surface area contributed by atoms with Crippen molar-refractivity contribution < 1.29 is 4.74 Å². The van der Waals surface area contributed by atoms with Crippen molar-refractivity contribution in [3.8, 4) is 44.9 Å². The number of hydrogen-bond acceptors (Lipinski definition) is 1. The summed E-state index contributed by atoms with van der Waals surface area (Å²) < 4.78 is 7.55. The van der Waals surface area contributed by atoms with Crippen LogP contribution in [0.25, 0.3) is 33.4 Å². The fourth-order valence-corrected chi connectivity index (χ4v) is 5.52. The molecular formula is C33H25BrO. The second-order valence-electron chi connectivity index (χ2n) is 9.57. The molecule has 0 amide bonds. The van der Waals surface area contributed by atoms with E-state index in [0.29, 0.717) is 0 Å². The van der Waals surface area contributed by atoms with E-state index in [9.17, 15) is 0 Å². The molecule has 0 saturated heterocycles. The molecule has 0 unspecified atom stereocenters. The number of hydrogen-bond donors (Lipinski definition) is 0. The summed E-state index contributed by atoms with van der Waals surface area (Å²) in [5.74, 6) is 1.87. The van der Waals surface area contributed by atoms with Gasteiger partial charge in [0, 0.05) is 21.0 Å². The summed E-state index contributed by atoms with van der Waals surface area (Å²) >= 11 is 3.62. The highest BCUT2D eigenvalue weighted by atomic mass is 79.9. The highest BCUT2D eigenvalue weighted by Gasteiger charge is 2.35. The maximum absolute atomic E-state index is 6.47. The van der Waals surface area contributed by atoms with Crippen molar-refractivity contribution in [2.24, 2.45) is 0 Å². The molecule has 170 valence electrons. The monoisotopic (exact) mass is 516 g/mol. The number of para-hydroxylation sites is 1. The van der Waals surface area contributed by atoms with Crippen LogP contribution in [0.3, 0.4) is 0 Å². The first-order chi connectivity index (χ1) is 17.0. The van der Waals surface area contributed by atoms with Crippen molar-refractivity contribution in [1.82, 2.24) is 0 Å². The topological polar surface area (TPSA) is 9.23 Å². The zero-order chi connectivity index (χ0) is 24.0. The Morgan fingerprint density at radius 1 is 0.514 bits per heavy atom. The third kappa shape index (κ3) is 3.88. The lowest BCUT2D eigenvalue weighted by molar-refractivity contribution is 0.418. The van der Waals surface area contributed by atoms with Crippen LogP contribution in [0.15, 0.2) is 120 Å². The quantitative estimate of drug-likeness (QED) is 0.231. The van der Waals surface area contributed by atoms with Gasteiger partial charge >= 0.3 is 0 Å². The van der Waals surface area contributed by atoms with Crippen LogP contribution < -0.4 is 4.74 Å². The minimum atomic E-state index is -0.171. The van der Waals surface area contributed by atoms with Crippen LogP contribution in [0.2, 0.25) is 0 Å². The minimum Gasteiger partial charge on any atom is -0.457 e. The van der Waals surface area contributed by atoms with Gasteiger partial charge in [-0.3, -0.25) is 0 Å². The number of ether oxygens (including phenoxy) is 1. The molecule has 5 aromatic carbocycles. The molecular weight excluding hydrogens is 492 g/mol. The molecule has 0 fully saturated rings. The lowest BCUT2D eigenvalue weighted by Gasteiger charge is -2.35. The van der Waals surface area contributed by atoms with Crippen molar-refractivity contribution in [2.45, 2.75) is 19.3 Å². The zero-order valence-electron chi connectivity index (χ0n) is 19.8. The minimum absolute atomic E-state index is 0.171. The highest BCUT2D eigenvalue weighted by molar-refractivity contribution is 9.10. The largest absolute Gasteiger partial charge is 0.457 e. The van der Waals surface area contributed by atoms with Crippen molar-refractivity contribution in [3.63, 3.8) is 0 Å². The molecule has 0 atom stereocenters. The molecule has 0 spiro atoms. The Bertz CT molecular complexity index is 1550. The van der Waals surface area contributed by atoms with Gasteiger partial charge in [-0.25, -0.2) is 0 Å². The normalized spacial score (nSPS) is 13.5. The fourth-order valence-electron chi connectivity index (χ4n) is 5.12. The molecule has 2 heteroatoms. The van der Waals surface area contributed by atoms with Crippen LogP contribution in [0.4, 0.5) is 0 Å². The van der Waals surface area contributed by atoms with Gasteiger partial charge in [0.1, 0.15) is 11.5 Å². The predicted molar refractivity (Wildman–Crippen MR) is 149 cm³/mol. The lowest BCUT2D eigenvalue weighted by atomic mass is 9.74. The second kappa shape index (κ2) is 8.55. The Morgan fingerprint density at radius 2 is 1.14 bits per heavy atom. The average molecular weight is 517 g/mol. The molecule has 5 aromatic rings. The third-order valence-electron chi connectivity index (χ3n) is 6.99. The molecule has 1 nitrogen and oxygen atoms in total. The zero-order valence-corrected chi connectivity index (χ0v) is 21.3. The van der Waals surface area contributed by atoms with Crippen molar-refractivity contribution in [2.75, 3.05) is 0 Å². The first-order valence-electron chi connectivity index (χ1n) is 11.9. The summed E-state index contributed by atoms with van der Waals surface area (Å²) in [6, 6.07) is 40.8. The highest BCUT2D eigenvalue weighted by Crippen LogP contribution is 2.51. The Hall–Kier alpha value is -3.62. The maximum Gasteiger partial charge on any atom is 0.132 e. The van der Waals surface area contributed by atoms with Gasteiger partial charge in [0.15, 0.2) is 0 Å². The van der Waals surface area contributed by atoms with Crippen LogP contribution >= 0.6 is 15.9 Å². The standard InChI is InChI=1S/C33H25BrO/c1-33(2)29-16-6-7-17-31(29)35-32-21-28(22-10-4-3-5-11-22)27(20-30(32)33)25-14-8-12-23(18-25)24-13-9-15-26(34)19-24/h3-21H,1-2H3. The summed E-state index contributed by atoms with van der Waals surface area (Å²) in [4.78, 5) is 0. The van der Waals surface area contributed by atoms with Crippen molar-refractivity contribution >= 4 is 15.9 Å². The van der Waals surface area contributed by atoms with E-state index in [1.54, 1.807) is 0 Å². The van der Waals surface area contributed by atoms with Crippen LogP contribution in [0.1, 0.15) is 25.0 Å². The lowest BCUT2D eigenvalue weighted by Crippen LogP contribution is -2.24. The molecule has 0 saturated carbocycles. The molecule has 0 aliphatic carbocycles. The van der Waals surface area contributed by atoms with Gasteiger partial charge in [0.05, 0.1) is 0 Å².